The van der Waals surface area contributed by atoms with Crippen LogP contribution in [0.2, 0.25) is 5.02 Å². The van der Waals surface area contributed by atoms with E-state index in [1.165, 1.54) is 11.3 Å². The van der Waals surface area contributed by atoms with Gasteiger partial charge in [-0.1, -0.05) is 11.6 Å². The van der Waals surface area contributed by atoms with Gasteiger partial charge in [0.05, 0.1) is 10.7 Å². The Morgan fingerprint density at radius 1 is 1.40 bits per heavy atom. The molecule has 0 atom stereocenters. The predicted molar refractivity (Wildman–Crippen MR) is 77.2 cm³/mol. The molecule has 2 aromatic rings. The predicted octanol–water partition coefficient (Wildman–Crippen LogP) is 3.13. The third-order valence-corrected chi connectivity index (χ3v) is 3.85. The summed E-state index contributed by atoms with van der Waals surface area (Å²) in [6, 6.07) is 3.18. The first-order valence-corrected chi connectivity index (χ1v) is 7.22. The first kappa shape index (κ1) is 13.2. The molecule has 1 aromatic carbocycles. The highest BCUT2D eigenvalue weighted by Crippen LogP contribution is 2.38. The van der Waals surface area contributed by atoms with Crippen molar-refractivity contribution < 1.29 is 14.3 Å². The van der Waals surface area contributed by atoms with E-state index in [4.69, 9.17) is 21.1 Å². The summed E-state index contributed by atoms with van der Waals surface area (Å²) >= 11 is 7.47. The second-order valence-corrected chi connectivity index (χ2v) is 5.50. The van der Waals surface area contributed by atoms with Gasteiger partial charge in [0.1, 0.15) is 13.2 Å². The highest BCUT2D eigenvalue weighted by atomic mass is 35.5. The fraction of sp³-hybridized carbons (Fsp3) is 0.231. The van der Waals surface area contributed by atoms with Crippen molar-refractivity contribution in [3.8, 4) is 11.5 Å². The number of halogens is 1. The molecular formula is C13H11ClN2O3S. The molecule has 0 radical (unpaired) electrons. The molecule has 3 rings (SSSR count). The molecule has 104 valence electrons. The SMILES string of the molecule is Cc1csc(NC(=O)c2cc(Cl)c3c(c2)OCCO3)n1. The summed E-state index contributed by atoms with van der Waals surface area (Å²) in [6.45, 7) is 2.77. The lowest BCUT2D eigenvalue weighted by Gasteiger charge is -2.20. The average molecular weight is 311 g/mol. The van der Waals surface area contributed by atoms with Crippen molar-refractivity contribution in [1.29, 1.82) is 0 Å². The number of aryl methyl sites for hydroxylation is 1. The zero-order valence-electron chi connectivity index (χ0n) is 10.6. The molecule has 0 saturated carbocycles. The van der Waals surface area contributed by atoms with Crippen molar-refractivity contribution >= 4 is 34.0 Å². The summed E-state index contributed by atoms with van der Waals surface area (Å²) in [6.07, 6.45) is 0. The largest absolute Gasteiger partial charge is 0.486 e. The molecule has 1 aliphatic rings. The van der Waals surface area contributed by atoms with Crippen LogP contribution >= 0.6 is 22.9 Å². The number of amides is 1. The second-order valence-electron chi connectivity index (χ2n) is 4.23. The zero-order valence-corrected chi connectivity index (χ0v) is 12.2. The lowest BCUT2D eigenvalue weighted by Crippen LogP contribution is -2.17. The second kappa shape index (κ2) is 5.30. The molecule has 1 amide bonds. The number of ether oxygens (including phenoxy) is 2. The van der Waals surface area contributed by atoms with E-state index in [0.717, 1.165) is 5.69 Å². The number of carbonyl (C=O) groups is 1. The monoisotopic (exact) mass is 310 g/mol. The topological polar surface area (TPSA) is 60.5 Å². The van der Waals surface area contributed by atoms with Gasteiger partial charge in [-0.3, -0.25) is 10.1 Å². The molecule has 5 nitrogen and oxygen atoms in total. The van der Waals surface area contributed by atoms with Crippen molar-refractivity contribution in [2.75, 3.05) is 18.5 Å². The summed E-state index contributed by atoms with van der Waals surface area (Å²) in [4.78, 5) is 16.3. The Labute approximate surface area is 124 Å². The number of hydrogen-bond acceptors (Lipinski definition) is 5. The van der Waals surface area contributed by atoms with Crippen molar-refractivity contribution in [3.05, 3.63) is 33.8 Å². The van der Waals surface area contributed by atoms with E-state index in [0.29, 0.717) is 40.4 Å². The van der Waals surface area contributed by atoms with E-state index < -0.39 is 0 Å². The van der Waals surface area contributed by atoms with E-state index in [1.807, 2.05) is 12.3 Å². The van der Waals surface area contributed by atoms with Gasteiger partial charge >= 0.3 is 0 Å². The summed E-state index contributed by atoms with van der Waals surface area (Å²) < 4.78 is 10.9. The normalized spacial score (nSPS) is 13.1. The summed E-state index contributed by atoms with van der Waals surface area (Å²) in [7, 11) is 0. The van der Waals surface area contributed by atoms with Gasteiger partial charge in [0.15, 0.2) is 16.6 Å². The fourth-order valence-corrected chi connectivity index (χ4v) is 2.77. The van der Waals surface area contributed by atoms with E-state index in [-0.39, 0.29) is 5.91 Å². The molecule has 2 heterocycles. The third kappa shape index (κ3) is 2.57. The Morgan fingerprint density at radius 2 is 2.20 bits per heavy atom. The number of hydrogen-bond donors (Lipinski definition) is 1. The van der Waals surface area contributed by atoms with Gasteiger partial charge in [0.25, 0.3) is 5.91 Å². The van der Waals surface area contributed by atoms with Crippen LogP contribution in [0.3, 0.4) is 0 Å². The van der Waals surface area contributed by atoms with Crippen LogP contribution in [-0.4, -0.2) is 24.1 Å². The minimum Gasteiger partial charge on any atom is -0.486 e. The van der Waals surface area contributed by atoms with E-state index in [1.54, 1.807) is 12.1 Å². The number of fused-ring (bicyclic) bond motifs is 1. The number of benzene rings is 1. The van der Waals surface area contributed by atoms with Crippen LogP contribution in [0.5, 0.6) is 11.5 Å². The van der Waals surface area contributed by atoms with Crippen LogP contribution in [-0.2, 0) is 0 Å². The number of rotatable bonds is 2. The molecule has 7 heteroatoms. The molecule has 1 N–H and O–H groups in total. The van der Waals surface area contributed by atoms with Gasteiger partial charge in [0.2, 0.25) is 0 Å². The maximum Gasteiger partial charge on any atom is 0.257 e. The van der Waals surface area contributed by atoms with E-state index >= 15 is 0 Å². The molecule has 0 saturated heterocycles. The summed E-state index contributed by atoms with van der Waals surface area (Å²) in [5, 5.41) is 5.51. The molecule has 0 fully saturated rings. The molecule has 1 aromatic heterocycles. The van der Waals surface area contributed by atoms with Gasteiger partial charge < -0.3 is 9.47 Å². The van der Waals surface area contributed by atoms with Crippen LogP contribution in [0, 0.1) is 6.92 Å². The Balaban J connectivity index is 1.86. The minimum atomic E-state index is -0.279. The molecular weight excluding hydrogens is 300 g/mol. The highest BCUT2D eigenvalue weighted by Gasteiger charge is 2.19. The summed E-state index contributed by atoms with van der Waals surface area (Å²) in [5.41, 5.74) is 1.28. The van der Waals surface area contributed by atoms with Crippen LogP contribution in [0.4, 0.5) is 5.13 Å². The van der Waals surface area contributed by atoms with Crippen molar-refractivity contribution in [2.45, 2.75) is 6.92 Å². The third-order valence-electron chi connectivity index (χ3n) is 2.70. The lowest BCUT2D eigenvalue weighted by atomic mass is 10.2. The van der Waals surface area contributed by atoms with Crippen LogP contribution in [0.15, 0.2) is 17.5 Å². The minimum absolute atomic E-state index is 0.279. The van der Waals surface area contributed by atoms with Crippen molar-refractivity contribution in [3.63, 3.8) is 0 Å². The standard InChI is InChI=1S/C13H11ClN2O3S/c1-7-6-20-13(15-7)16-12(17)8-4-9(14)11-10(5-8)18-2-3-19-11/h4-6H,2-3H2,1H3,(H,15,16,17). The number of nitrogens with zero attached hydrogens (tertiary/aromatic N) is 1. The molecule has 20 heavy (non-hydrogen) atoms. The van der Waals surface area contributed by atoms with Gasteiger partial charge in [-0.2, -0.15) is 0 Å². The van der Waals surface area contributed by atoms with Crippen LogP contribution in [0.25, 0.3) is 0 Å². The number of aromatic nitrogens is 1. The Bertz CT molecular complexity index is 672. The highest BCUT2D eigenvalue weighted by molar-refractivity contribution is 7.13. The number of anilines is 1. The molecule has 0 spiro atoms. The summed E-state index contributed by atoms with van der Waals surface area (Å²) in [5.74, 6) is 0.696. The molecule has 0 unspecified atom stereocenters. The van der Waals surface area contributed by atoms with Gasteiger partial charge in [-0.05, 0) is 19.1 Å². The number of thiazole rings is 1. The zero-order chi connectivity index (χ0) is 14.1. The van der Waals surface area contributed by atoms with Crippen LogP contribution < -0.4 is 14.8 Å². The molecule has 1 aliphatic heterocycles. The van der Waals surface area contributed by atoms with Gasteiger partial charge in [0, 0.05) is 10.9 Å². The number of carbonyl (C=O) groups excluding carboxylic acids is 1. The number of nitrogens with one attached hydrogen (secondary N) is 1. The van der Waals surface area contributed by atoms with Gasteiger partial charge in [-0.25, -0.2) is 4.98 Å². The Hall–Kier alpha value is -1.79. The quantitative estimate of drug-likeness (QED) is 0.925. The van der Waals surface area contributed by atoms with E-state index in [2.05, 4.69) is 10.3 Å². The lowest BCUT2D eigenvalue weighted by molar-refractivity contribution is 0.102. The first-order chi connectivity index (χ1) is 9.63. The van der Waals surface area contributed by atoms with E-state index in [9.17, 15) is 4.79 Å². The maximum absolute atomic E-state index is 12.2. The molecule has 0 bridgehead atoms. The smallest absolute Gasteiger partial charge is 0.257 e. The Kier molecular flexibility index (Phi) is 3.50. The van der Waals surface area contributed by atoms with Crippen molar-refractivity contribution in [1.82, 2.24) is 4.98 Å². The first-order valence-electron chi connectivity index (χ1n) is 5.96. The van der Waals surface area contributed by atoms with Crippen LogP contribution in [0.1, 0.15) is 16.1 Å². The van der Waals surface area contributed by atoms with Crippen molar-refractivity contribution in [2.24, 2.45) is 0 Å². The average Bonchev–Trinajstić information content (AvgIpc) is 2.84. The Morgan fingerprint density at radius 3 is 2.95 bits per heavy atom. The fourth-order valence-electron chi connectivity index (χ4n) is 1.82. The van der Waals surface area contributed by atoms with Gasteiger partial charge in [-0.15, -0.1) is 11.3 Å². The maximum atomic E-state index is 12.2. The molecule has 0 aliphatic carbocycles.